The smallest absolute Gasteiger partial charge is 0.158 e. The molecule has 0 aromatic heterocycles. The Hall–Kier alpha value is -0.340. The van der Waals surface area contributed by atoms with Crippen molar-refractivity contribution in [3.63, 3.8) is 0 Å². The van der Waals surface area contributed by atoms with Crippen molar-refractivity contribution in [2.45, 2.75) is 59.4 Å². The van der Waals surface area contributed by atoms with Crippen LogP contribution in [0.3, 0.4) is 0 Å². The SMILES string of the molecule is CC(C)=CCC[C@H](C)C[C@H]1OC[C@@H](C)O1. The molecule has 88 valence electrons. The highest BCUT2D eigenvalue weighted by molar-refractivity contribution is 4.92. The first-order valence-corrected chi connectivity index (χ1v) is 5.98. The van der Waals surface area contributed by atoms with Gasteiger partial charge in [0.15, 0.2) is 6.29 Å². The summed E-state index contributed by atoms with van der Waals surface area (Å²) in [5.74, 6) is 0.677. The highest BCUT2D eigenvalue weighted by Gasteiger charge is 2.23. The van der Waals surface area contributed by atoms with E-state index in [4.69, 9.17) is 9.47 Å². The molecule has 2 heteroatoms. The minimum absolute atomic E-state index is 0.0432. The molecule has 1 saturated heterocycles. The fourth-order valence-electron chi connectivity index (χ4n) is 1.81. The monoisotopic (exact) mass is 212 g/mol. The van der Waals surface area contributed by atoms with Gasteiger partial charge >= 0.3 is 0 Å². The third kappa shape index (κ3) is 5.33. The molecule has 1 aliphatic rings. The van der Waals surface area contributed by atoms with Crippen molar-refractivity contribution in [3.05, 3.63) is 11.6 Å². The van der Waals surface area contributed by atoms with Gasteiger partial charge in [0, 0.05) is 6.42 Å². The van der Waals surface area contributed by atoms with Gasteiger partial charge in [-0.3, -0.25) is 0 Å². The van der Waals surface area contributed by atoms with Gasteiger partial charge in [-0.2, -0.15) is 0 Å². The fraction of sp³-hybridized carbons (Fsp3) is 0.846. The second-order valence-electron chi connectivity index (χ2n) is 4.91. The van der Waals surface area contributed by atoms with Crippen LogP contribution in [0.5, 0.6) is 0 Å². The number of hydrogen-bond acceptors (Lipinski definition) is 2. The van der Waals surface area contributed by atoms with Crippen LogP contribution in [0.4, 0.5) is 0 Å². The molecular formula is C13H24O2. The third-order valence-corrected chi connectivity index (χ3v) is 2.71. The molecule has 0 aliphatic carbocycles. The average Bonchev–Trinajstić information content (AvgIpc) is 2.50. The molecule has 15 heavy (non-hydrogen) atoms. The average molecular weight is 212 g/mol. The van der Waals surface area contributed by atoms with Crippen molar-refractivity contribution in [1.29, 1.82) is 0 Å². The minimum atomic E-state index is 0.0432. The topological polar surface area (TPSA) is 18.5 Å². The fourth-order valence-corrected chi connectivity index (χ4v) is 1.81. The maximum Gasteiger partial charge on any atom is 0.158 e. The molecule has 1 fully saturated rings. The van der Waals surface area contributed by atoms with Crippen molar-refractivity contribution in [2.75, 3.05) is 6.61 Å². The maximum atomic E-state index is 5.62. The van der Waals surface area contributed by atoms with E-state index in [2.05, 4.69) is 33.8 Å². The van der Waals surface area contributed by atoms with E-state index in [9.17, 15) is 0 Å². The molecule has 0 aromatic carbocycles. The zero-order valence-corrected chi connectivity index (χ0v) is 10.5. The third-order valence-electron chi connectivity index (χ3n) is 2.71. The lowest BCUT2D eigenvalue weighted by Gasteiger charge is -2.15. The van der Waals surface area contributed by atoms with E-state index in [-0.39, 0.29) is 12.4 Å². The van der Waals surface area contributed by atoms with Gasteiger partial charge in [0.05, 0.1) is 12.7 Å². The lowest BCUT2D eigenvalue weighted by Crippen LogP contribution is -2.13. The summed E-state index contributed by atoms with van der Waals surface area (Å²) in [6.07, 6.45) is 6.05. The van der Waals surface area contributed by atoms with E-state index in [1.54, 1.807) is 0 Å². The van der Waals surface area contributed by atoms with E-state index in [1.807, 2.05) is 0 Å². The molecule has 0 N–H and O–H groups in total. The predicted molar refractivity (Wildman–Crippen MR) is 62.7 cm³/mol. The molecule has 0 saturated carbocycles. The Kier molecular flexibility index (Phi) is 5.34. The summed E-state index contributed by atoms with van der Waals surface area (Å²) in [6.45, 7) is 9.39. The van der Waals surface area contributed by atoms with Crippen LogP contribution in [0.1, 0.15) is 47.0 Å². The van der Waals surface area contributed by atoms with Gasteiger partial charge < -0.3 is 9.47 Å². The molecule has 0 spiro atoms. The quantitative estimate of drug-likeness (QED) is 0.649. The van der Waals surface area contributed by atoms with Crippen molar-refractivity contribution in [3.8, 4) is 0 Å². The summed E-state index contributed by atoms with van der Waals surface area (Å²) >= 11 is 0. The van der Waals surface area contributed by atoms with Gasteiger partial charge in [0.1, 0.15) is 0 Å². The summed E-state index contributed by atoms with van der Waals surface area (Å²) in [5.41, 5.74) is 1.41. The van der Waals surface area contributed by atoms with Crippen LogP contribution in [-0.2, 0) is 9.47 Å². The first-order chi connectivity index (χ1) is 7.08. The van der Waals surface area contributed by atoms with Gasteiger partial charge in [0.2, 0.25) is 0 Å². The van der Waals surface area contributed by atoms with Crippen LogP contribution in [0.15, 0.2) is 11.6 Å². The Balaban J connectivity index is 2.13. The van der Waals surface area contributed by atoms with Gasteiger partial charge in [-0.25, -0.2) is 0 Å². The molecule has 0 aromatic rings. The Morgan fingerprint density at radius 2 is 2.20 bits per heavy atom. The maximum absolute atomic E-state index is 5.62. The Bertz CT molecular complexity index is 207. The summed E-state index contributed by atoms with van der Waals surface area (Å²) in [5, 5.41) is 0. The number of allylic oxidation sites excluding steroid dienone is 2. The molecule has 1 rings (SSSR count). The second kappa shape index (κ2) is 6.29. The first kappa shape index (κ1) is 12.7. The van der Waals surface area contributed by atoms with Crippen LogP contribution < -0.4 is 0 Å². The zero-order chi connectivity index (χ0) is 11.3. The number of hydrogen-bond donors (Lipinski definition) is 0. The molecule has 0 unspecified atom stereocenters. The molecule has 0 bridgehead atoms. The van der Waals surface area contributed by atoms with Crippen molar-refractivity contribution in [1.82, 2.24) is 0 Å². The molecule has 2 nitrogen and oxygen atoms in total. The lowest BCUT2D eigenvalue weighted by molar-refractivity contribution is -0.0678. The van der Waals surface area contributed by atoms with Gasteiger partial charge in [-0.1, -0.05) is 18.6 Å². The second-order valence-corrected chi connectivity index (χ2v) is 4.91. The molecular weight excluding hydrogens is 188 g/mol. The summed E-state index contributed by atoms with van der Waals surface area (Å²) in [4.78, 5) is 0. The number of rotatable bonds is 5. The zero-order valence-electron chi connectivity index (χ0n) is 10.5. The number of ether oxygens (including phenoxy) is 2. The van der Waals surface area contributed by atoms with Crippen LogP contribution in [0.2, 0.25) is 0 Å². The molecule has 3 atom stereocenters. The highest BCUT2D eigenvalue weighted by atomic mass is 16.7. The van der Waals surface area contributed by atoms with E-state index in [0.717, 1.165) is 13.0 Å². The van der Waals surface area contributed by atoms with E-state index in [1.165, 1.54) is 18.4 Å². The predicted octanol–water partition coefficient (Wildman–Crippen LogP) is 3.52. The first-order valence-electron chi connectivity index (χ1n) is 5.98. The van der Waals surface area contributed by atoms with Gasteiger partial charge in [-0.05, 0) is 39.5 Å². The lowest BCUT2D eigenvalue weighted by atomic mass is 10.0. The molecule has 1 heterocycles. The Labute approximate surface area is 93.7 Å². The van der Waals surface area contributed by atoms with Crippen molar-refractivity contribution < 1.29 is 9.47 Å². The van der Waals surface area contributed by atoms with Crippen LogP contribution in [-0.4, -0.2) is 19.0 Å². The standard InChI is InChI=1S/C13H24O2/c1-10(2)6-5-7-11(3)8-13-14-9-12(4)15-13/h6,11-13H,5,7-9H2,1-4H3/t11-,12+,13-/m0/s1. The van der Waals surface area contributed by atoms with Crippen LogP contribution >= 0.6 is 0 Å². The summed E-state index contributed by atoms with van der Waals surface area (Å²) < 4.78 is 11.1. The van der Waals surface area contributed by atoms with E-state index >= 15 is 0 Å². The minimum Gasteiger partial charge on any atom is -0.350 e. The normalized spacial score (nSPS) is 27.7. The highest BCUT2D eigenvalue weighted by Crippen LogP contribution is 2.21. The summed E-state index contributed by atoms with van der Waals surface area (Å²) in [7, 11) is 0. The van der Waals surface area contributed by atoms with Crippen molar-refractivity contribution >= 4 is 0 Å². The molecule has 0 amide bonds. The Morgan fingerprint density at radius 1 is 1.47 bits per heavy atom. The Morgan fingerprint density at radius 3 is 2.73 bits per heavy atom. The molecule has 1 aliphatic heterocycles. The van der Waals surface area contributed by atoms with E-state index in [0.29, 0.717) is 5.92 Å². The van der Waals surface area contributed by atoms with Crippen molar-refractivity contribution in [2.24, 2.45) is 5.92 Å². The van der Waals surface area contributed by atoms with Crippen LogP contribution in [0.25, 0.3) is 0 Å². The van der Waals surface area contributed by atoms with Gasteiger partial charge in [0.25, 0.3) is 0 Å². The van der Waals surface area contributed by atoms with Gasteiger partial charge in [-0.15, -0.1) is 0 Å². The van der Waals surface area contributed by atoms with E-state index < -0.39 is 0 Å². The molecule has 0 radical (unpaired) electrons. The van der Waals surface area contributed by atoms with Crippen LogP contribution in [0, 0.1) is 5.92 Å². The largest absolute Gasteiger partial charge is 0.350 e. The summed E-state index contributed by atoms with van der Waals surface area (Å²) in [6, 6.07) is 0.